The van der Waals surface area contributed by atoms with Gasteiger partial charge in [-0.3, -0.25) is 10.2 Å². The number of hydrogen-bond acceptors (Lipinski definition) is 4. The van der Waals surface area contributed by atoms with E-state index >= 15 is 0 Å². The standard InChI is InChI=1S/C10H18N2O4/c1-10(2,3)16-9(15)11-12-6-4-5-7(12)8(13)14/h7H,4-6H2,1-3H3,(H,11,15)(H,13,14)/t7-/m1/s1. The lowest BCUT2D eigenvalue weighted by Gasteiger charge is -2.25. The SMILES string of the molecule is CC(C)(C)OC(=O)NN1CCC[C@@H]1C(=O)O. The van der Waals surface area contributed by atoms with E-state index < -0.39 is 23.7 Å². The van der Waals surface area contributed by atoms with E-state index in [0.717, 1.165) is 6.42 Å². The van der Waals surface area contributed by atoms with Crippen molar-refractivity contribution < 1.29 is 19.4 Å². The highest BCUT2D eigenvalue weighted by Gasteiger charge is 2.32. The average Bonchev–Trinajstić information content (AvgIpc) is 2.47. The molecule has 0 radical (unpaired) electrons. The largest absolute Gasteiger partial charge is 0.480 e. The Labute approximate surface area is 94.5 Å². The number of hydrazine groups is 1. The molecule has 2 N–H and O–H groups in total. The van der Waals surface area contributed by atoms with Crippen LogP contribution in [-0.2, 0) is 9.53 Å². The molecule has 92 valence electrons. The lowest BCUT2D eigenvalue weighted by molar-refractivity contribution is -0.143. The van der Waals surface area contributed by atoms with Crippen LogP contribution in [0.25, 0.3) is 0 Å². The fraction of sp³-hybridized carbons (Fsp3) is 0.800. The summed E-state index contributed by atoms with van der Waals surface area (Å²) in [7, 11) is 0. The highest BCUT2D eigenvalue weighted by atomic mass is 16.6. The number of carbonyl (C=O) groups is 2. The van der Waals surface area contributed by atoms with Gasteiger partial charge in [0.15, 0.2) is 0 Å². The lowest BCUT2D eigenvalue weighted by Crippen LogP contribution is -2.49. The zero-order chi connectivity index (χ0) is 12.3. The van der Waals surface area contributed by atoms with Crippen LogP contribution in [0.15, 0.2) is 0 Å². The molecule has 0 aromatic carbocycles. The van der Waals surface area contributed by atoms with Crippen LogP contribution >= 0.6 is 0 Å². The quantitative estimate of drug-likeness (QED) is 0.739. The van der Waals surface area contributed by atoms with Crippen molar-refractivity contribution in [3.8, 4) is 0 Å². The molecule has 1 aliphatic rings. The van der Waals surface area contributed by atoms with Crippen molar-refractivity contribution in [2.45, 2.75) is 45.3 Å². The summed E-state index contributed by atoms with van der Waals surface area (Å²) in [5, 5.41) is 10.3. The molecule has 0 unspecified atom stereocenters. The first-order valence-corrected chi connectivity index (χ1v) is 5.29. The van der Waals surface area contributed by atoms with Gasteiger partial charge in [0, 0.05) is 6.54 Å². The number of nitrogens with zero attached hydrogens (tertiary/aromatic N) is 1. The number of hydrogen-bond donors (Lipinski definition) is 2. The van der Waals surface area contributed by atoms with E-state index in [0.29, 0.717) is 13.0 Å². The van der Waals surface area contributed by atoms with Gasteiger partial charge in [0.1, 0.15) is 11.6 Å². The summed E-state index contributed by atoms with van der Waals surface area (Å²) in [4.78, 5) is 22.3. The van der Waals surface area contributed by atoms with Crippen molar-refractivity contribution in [1.82, 2.24) is 10.4 Å². The van der Waals surface area contributed by atoms with Crippen LogP contribution in [0.5, 0.6) is 0 Å². The van der Waals surface area contributed by atoms with Crippen LogP contribution in [0.4, 0.5) is 4.79 Å². The van der Waals surface area contributed by atoms with Gasteiger partial charge in [-0.15, -0.1) is 0 Å². The van der Waals surface area contributed by atoms with E-state index in [-0.39, 0.29) is 0 Å². The number of amides is 1. The van der Waals surface area contributed by atoms with Gasteiger partial charge in [-0.1, -0.05) is 0 Å². The van der Waals surface area contributed by atoms with Crippen LogP contribution in [-0.4, -0.2) is 40.4 Å². The maximum absolute atomic E-state index is 11.4. The molecular formula is C10H18N2O4. The Bertz CT molecular complexity index is 285. The normalized spacial score (nSPS) is 21.8. The molecule has 1 amide bonds. The summed E-state index contributed by atoms with van der Waals surface area (Å²) in [6.07, 6.45) is 0.693. The van der Waals surface area contributed by atoms with E-state index in [2.05, 4.69) is 5.43 Å². The minimum Gasteiger partial charge on any atom is -0.480 e. The number of rotatable bonds is 2. The third-order valence-corrected chi connectivity index (χ3v) is 2.17. The van der Waals surface area contributed by atoms with E-state index in [1.807, 2.05) is 0 Å². The second-order valence-electron chi connectivity index (χ2n) is 4.80. The molecule has 1 aliphatic heterocycles. The minimum absolute atomic E-state index is 0.538. The molecule has 1 fully saturated rings. The van der Waals surface area contributed by atoms with Crippen molar-refractivity contribution in [3.63, 3.8) is 0 Å². The van der Waals surface area contributed by atoms with Crippen LogP contribution in [0.1, 0.15) is 33.6 Å². The Morgan fingerprint density at radius 3 is 2.56 bits per heavy atom. The van der Waals surface area contributed by atoms with Crippen LogP contribution in [0, 0.1) is 0 Å². The van der Waals surface area contributed by atoms with Crippen molar-refractivity contribution in [3.05, 3.63) is 0 Å². The van der Waals surface area contributed by atoms with Crippen molar-refractivity contribution in [2.24, 2.45) is 0 Å². The zero-order valence-electron chi connectivity index (χ0n) is 9.82. The molecule has 0 aliphatic carbocycles. The van der Waals surface area contributed by atoms with Crippen LogP contribution in [0.2, 0.25) is 0 Å². The molecule has 1 saturated heterocycles. The monoisotopic (exact) mass is 230 g/mol. The predicted octanol–water partition coefficient (Wildman–Crippen LogP) is 0.975. The number of nitrogens with one attached hydrogen (secondary N) is 1. The third-order valence-electron chi connectivity index (χ3n) is 2.17. The number of ether oxygens (including phenoxy) is 1. The molecule has 1 atom stereocenters. The molecule has 16 heavy (non-hydrogen) atoms. The summed E-state index contributed by atoms with van der Waals surface area (Å²) in [5.74, 6) is -0.923. The van der Waals surface area contributed by atoms with E-state index in [1.165, 1.54) is 5.01 Å². The predicted molar refractivity (Wildman–Crippen MR) is 56.7 cm³/mol. The van der Waals surface area contributed by atoms with Gasteiger partial charge in [-0.25, -0.2) is 9.80 Å². The first-order valence-electron chi connectivity index (χ1n) is 5.29. The summed E-state index contributed by atoms with van der Waals surface area (Å²) in [6, 6.07) is -0.646. The van der Waals surface area contributed by atoms with Crippen molar-refractivity contribution >= 4 is 12.1 Å². The summed E-state index contributed by atoms with van der Waals surface area (Å²) in [5.41, 5.74) is 1.88. The Balaban J connectivity index is 2.47. The van der Waals surface area contributed by atoms with E-state index in [4.69, 9.17) is 9.84 Å². The molecular weight excluding hydrogens is 212 g/mol. The van der Waals surface area contributed by atoms with Gasteiger partial charge >= 0.3 is 12.1 Å². The number of carbonyl (C=O) groups excluding carboxylic acids is 1. The van der Waals surface area contributed by atoms with Crippen molar-refractivity contribution in [1.29, 1.82) is 0 Å². The fourth-order valence-electron chi connectivity index (χ4n) is 1.58. The molecule has 0 bridgehead atoms. The topological polar surface area (TPSA) is 78.9 Å². The minimum atomic E-state index is -0.923. The highest BCUT2D eigenvalue weighted by Crippen LogP contribution is 2.15. The second-order valence-corrected chi connectivity index (χ2v) is 4.80. The van der Waals surface area contributed by atoms with Crippen LogP contribution < -0.4 is 5.43 Å². The smallest absolute Gasteiger partial charge is 0.422 e. The Morgan fingerprint density at radius 2 is 2.06 bits per heavy atom. The van der Waals surface area contributed by atoms with Crippen molar-refractivity contribution in [2.75, 3.05) is 6.54 Å². The molecule has 6 heteroatoms. The zero-order valence-corrected chi connectivity index (χ0v) is 9.82. The first kappa shape index (κ1) is 12.8. The Kier molecular flexibility index (Phi) is 3.74. The van der Waals surface area contributed by atoms with Gasteiger partial charge in [0.25, 0.3) is 0 Å². The molecule has 0 aromatic rings. The molecule has 0 saturated carbocycles. The van der Waals surface area contributed by atoms with Gasteiger partial charge in [0.2, 0.25) is 0 Å². The number of aliphatic carboxylic acids is 1. The maximum Gasteiger partial charge on any atom is 0.422 e. The second kappa shape index (κ2) is 4.69. The van der Waals surface area contributed by atoms with E-state index in [9.17, 15) is 9.59 Å². The number of carboxylic acids is 1. The summed E-state index contributed by atoms with van der Waals surface area (Å²) in [6.45, 7) is 5.80. The van der Waals surface area contributed by atoms with Gasteiger partial charge in [0.05, 0.1) is 0 Å². The first-order chi connectivity index (χ1) is 7.29. The lowest BCUT2D eigenvalue weighted by atomic mass is 10.2. The molecule has 0 aromatic heterocycles. The number of carboxylic acid groups (broad SMARTS) is 1. The fourth-order valence-corrected chi connectivity index (χ4v) is 1.58. The Hall–Kier alpha value is -1.30. The van der Waals surface area contributed by atoms with Gasteiger partial charge in [-0.2, -0.15) is 0 Å². The van der Waals surface area contributed by atoms with Gasteiger partial charge < -0.3 is 9.84 Å². The maximum atomic E-state index is 11.4. The molecule has 1 rings (SSSR count). The summed E-state index contributed by atoms with van der Waals surface area (Å²) < 4.78 is 5.04. The van der Waals surface area contributed by atoms with Crippen LogP contribution in [0.3, 0.4) is 0 Å². The average molecular weight is 230 g/mol. The molecule has 0 spiro atoms. The molecule has 1 heterocycles. The van der Waals surface area contributed by atoms with Gasteiger partial charge in [-0.05, 0) is 33.6 Å². The third kappa shape index (κ3) is 3.69. The highest BCUT2D eigenvalue weighted by molar-refractivity contribution is 5.75. The molecule has 6 nitrogen and oxygen atoms in total. The summed E-state index contributed by atoms with van der Waals surface area (Å²) >= 11 is 0. The van der Waals surface area contributed by atoms with E-state index in [1.54, 1.807) is 20.8 Å². The Morgan fingerprint density at radius 1 is 1.44 bits per heavy atom.